The van der Waals surface area contributed by atoms with Gasteiger partial charge in [0.2, 0.25) is 0 Å². The minimum atomic E-state index is -0.642. The summed E-state index contributed by atoms with van der Waals surface area (Å²) in [5.74, 6) is -0.642. The average molecular weight is 327 g/mol. The summed E-state index contributed by atoms with van der Waals surface area (Å²) < 4.78 is 0.978. The van der Waals surface area contributed by atoms with Gasteiger partial charge in [-0.2, -0.15) is 0 Å². The van der Waals surface area contributed by atoms with Crippen molar-refractivity contribution in [2.45, 2.75) is 32.7 Å². The second-order valence-electron chi connectivity index (χ2n) is 5.18. The Morgan fingerprint density at radius 2 is 2.16 bits per heavy atom. The third-order valence-corrected chi connectivity index (χ3v) is 4.59. The summed E-state index contributed by atoms with van der Waals surface area (Å²) in [5, 5.41) is 9.36. The minimum Gasteiger partial charge on any atom is -0.481 e. The number of piperidine rings is 1. The summed E-state index contributed by atoms with van der Waals surface area (Å²) in [6.07, 6.45) is 3.98. The van der Waals surface area contributed by atoms with Crippen LogP contribution in [0, 0.1) is 5.41 Å². The number of hydrogen-bond donors (Lipinski definition) is 1. The highest BCUT2D eigenvalue weighted by Crippen LogP contribution is 2.35. The Kier molecular flexibility index (Phi) is 4.58. The average Bonchev–Trinajstić information content (AvgIpc) is 2.42. The molecule has 104 valence electrons. The first-order chi connectivity index (χ1) is 9.05. The van der Waals surface area contributed by atoms with E-state index in [1.807, 2.05) is 19.1 Å². The van der Waals surface area contributed by atoms with Crippen LogP contribution in [0.2, 0.25) is 0 Å². The topological polar surface area (TPSA) is 53.4 Å². The standard InChI is InChI=1S/C14H19BrN2O2/c1-2-14(13(18)19)5-7-17(8-6-14)10-12-4-3-11(15)9-16-12/h3-4,9H,2,5-8,10H2,1H3,(H,18,19). The van der Waals surface area contributed by atoms with Crippen molar-refractivity contribution in [3.63, 3.8) is 0 Å². The lowest BCUT2D eigenvalue weighted by Crippen LogP contribution is -2.43. The summed E-state index contributed by atoms with van der Waals surface area (Å²) in [4.78, 5) is 18.0. The number of carboxylic acids is 1. The normalized spacial score (nSPS) is 19.3. The Balaban J connectivity index is 1.93. The van der Waals surface area contributed by atoms with Crippen LogP contribution in [0.25, 0.3) is 0 Å². The van der Waals surface area contributed by atoms with Crippen molar-refractivity contribution in [2.24, 2.45) is 5.41 Å². The zero-order chi connectivity index (χ0) is 13.9. The molecule has 1 aromatic heterocycles. The molecule has 0 aromatic carbocycles. The maximum Gasteiger partial charge on any atom is 0.309 e. The number of carboxylic acid groups (broad SMARTS) is 1. The van der Waals surface area contributed by atoms with Gasteiger partial charge in [-0.25, -0.2) is 0 Å². The van der Waals surface area contributed by atoms with Gasteiger partial charge in [-0.3, -0.25) is 14.7 Å². The molecule has 1 saturated heterocycles. The lowest BCUT2D eigenvalue weighted by atomic mass is 9.76. The minimum absolute atomic E-state index is 0.510. The van der Waals surface area contributed by atoms with Crippen LogP contribution >= 0.6 is 15.9 Å². The SMILES string of the molecule is CCC1(C(=O)O)CCN(Cc2ccc(Br)cn2)CC1. The number of nitrogens with zero attached hydrogens (tertiary/aromatic N) is 2. The molecule has 2 rings (SSSR count). The first-order valence-corrected chi connectivity index (χ1v) is 7.41. The van der Waals surface area contributed by atoms with Gasteiger partial charge < -0.3 is 5.11 Å². The summed E-state index contributed by atoms with van der Waals surface area (Å²) in [6.45, 7) is 4.43. The van der Waals surface area contributed by atoms with E-state index in [9.17, 15) is 9.90 Å². The molecule has 1 aromatic rings. The van der Waals surface area contributed by atoms with Crippen molar-refractivity contribution in [1.82, 2.24) is 9.88 Å². The Morgan fingerprint density at radius 1 is 1.47 bits per heavy atom. The first kappa shape index (κ1) is 14.5. The zero-order valence-corrected chi connectivity index (χ0v) is 12.7. The zero-order valence-electron chi connectivity index (χ0n) is 11.1. The molecule has 19 heavy (non-hydrogen) atoms. The molecule has 0 radical (unpaired) electrons. The molecule has 0 unspecified atom stereocenters. The quantitative estimate of drug-likeness (QED) is 0.924. The fourth-order valence-electron chi connectivity index (χ4n) is 2.59. The third-order valence-electron chi connectivity index (χ3n) is 4.12. The molecular formula is C14H19BrN2O2. The molecule has 0 bridgehead atoms. The molecule has 4 nitrogen and oxygen atoms in total. The van der Waals surface area contributed by atoms with E-state index < -0.39 is 11.4 Å². The van der Waals surface area contributed by atoms with E-state index in [2.05, 4.69) is 25.8 Å². The van der Waals surface area contributed by atoms with Crippen molar-refractivity contribution in [3.05, 3.63) is 28.5 Å². The Bertz CT molecular complexity index is 439. The fraction of sp³-hybridized carbons (Fsp3) is 0.571. The number of aliphatic carboxylic acids is 1. The van der Waals surface area contributed by atoms with E-state index in [0.717, 1.165) is 42.6 Å². The van der Waals surface area contributed by atoms with Crippen molar-refractivity contribution in [2.75, 3.05) is 13.1 Å². The van der Waals surface area contributed by atoms with Gasteiger partial charge in [-0.05, 0) is 60.4 Å². The van der Waals surface area contributed by atoms with Gasteiger partial charge in [0.25, 0.3) is 0 Å². The van der Waals surface area contributed by atoms with Crippen LogP contribution < -0.4 is 0 Å². The molecule has 1 aliphatic rings. The predicted octanol–water partition coefficient (Wildman–Crippen LogP) is 2.92. The van der Waals surface area contributed by atoms with Crippen LogP contribution in [0.1, 0.15) is 31.9 Å². The Labute approximate surface area is 122 Å². The molecular weight excluding hydrogens is 308 g/mol. The summed E-state index contributed by atoms with van der Waals surface area (Å²) in [6, 6.07) is 3.99. The van der Waals surface area contributed by atoms with Crippen molar-refractivity contribution < 1.29 is 9.90 Å². The maximum atomic E-state index is 11.4. The molecule has 0 atom stereocenters. The summed E-state index contributed by atoms with van der Waals surface area (Å²) >= 11 is 3.37. The van der Waals surface area contributed by atoms with Gasteiger partial charge in [-0.1, -0.05) is 6.92 Å². The number of hydrogen-bond acceptors (Lipinski definition) is 3. The number of carbonyl (C=O) groups is 1. The van der Waals surface area contributed by atoms with Crippen molar-refractivity contribution in [3.8, 4) is 0 Å². The van der Waals surface area contributed by atoms with Crippen LogP contribution in [0.4, 0.5) is 0 Å². The van der Waals surface area contributed by atoms with Gasteiger partial charge in [0, 0.05) is 17.2 Å². The van der Waals surface area contributed by atoms with Crippen molar-refractivity contribution >= 4 is 21.9 Å². The molecule has 5 heteroatoms. The Hall–Kier alpha value is -0.940. The summed E-state index contributed by atoms with van der Waals surface area (Å²) in [5.41, 5.74) is 0.520. The number of halogens is 1. The number of likely N-dealkylation sites (tertiary alicyclic amines) is 1. The van der Waals surface area contributed by atoms with E-state index in [0.29, 0.717) is 6.42 Å². The summed E-state index contributed by atoms with van der Waals surface area (Å²) in [7, 11) is 0. The molecule has 0 saturated carbocycles. The molecule has 2 heterocycles. The second-order valence-corrected chi connectivity index (χ2v) is 6.10. The van der Waals surface area contributed by atoms with Crippen LogP contribution in [0.3, 0.4) is 0 Å². The van der Waals surface area contributed by atoms with E-state index in [1.54, 1.807) is 6.20 Å². The van der Waals surface area contributed by atoms with Gasteiger partial charge in [0.15, 0.2) is 0 Å². The highest BCUT2D eigenvalue weighted by Gasteiger charge is 2.39. The smallest absolute Gasteiger partial charge is 0.309 e. The highest BCUT2D eigenvalue weighted by atomic mass is 79.9. The van der Waals surface area contributed by atoms with E-state index >= 15 is 0 Å². The maximum absolute atomic E-state index is 11.4. The number of rotatable bonds is 4. The third kappa shape index (κ3) is 3.34. The largest absolute Gasteiger partial charge is 0.481 e. The number of aromatic nitrogens is 1. The number of pyridine rings is 1. The van der Waals surface area contributed by atoms with Crippen molar-refractivity contribution in [1.29, 1.82) is 0 Å². The van der Waals surface area contributed by atoms with E-state index in [1.165, 1.54) is 0 Å². The molecule has 0 amide bonds. The van der Waals surface area contributed by atoms with Crippen LogP contribution in [-0.4, -0.2) is 34.0 Å². The lowest BCUT2D eigenvalue weighted by Gasteiger charge is -2.38. The van der Waals surface area contributed by atoms with Crippen LogP contribution in [0.5, 0.6) is 0 Å². The van der Waals surface area contributed by atoms with E-state index in [-0.39, 0.29) is 0 Å². The predicted molar refractivity (Wildman–Crippen MR) is 76.8 cm³/mol. The molecule has 1 aliphatic heterocycles. The molecule has 0 spiro atoms. The lowest BCUT2D eigenvalue weighted by molar-refractivity contribution is -0.152. The molecule has 1 fully saturated rings. The monoisotopic (exact) mass is 326 g/mol. The van der Waals surface area contributed by atoms with Crippen LogP contribution in [0.15, 0.2) is 22.8 Å². The molecule has 0 aliphatic carbocycles. The van der Waals surface area contributed by atoms with E-state index in [4.69, 9.17) is 0 Å². The fourth-order valence-corrected chi connectivity index (χ4v) is 2.82. The van der Waals surface area contributed by atoms with Gasteiger partial charge in [0.1, 0.15) is 0 Å². The second kappa shape index (κ2) is 6.01. The van der Waals surface area contributed by atoms with Gasteiger partial charge >= 0.3 is 5.97 Å². The van der Waals surface area contributed by atoms with Gasteiger partial charge in [0.05, 0.1) is 11.1 Å². The Morgan fingerprint density at radius 3 is 2.63 bits per heavy atom. The molecule has 1 N–H and O–H groups in total. The first-order valence-electron chi connectivity index (χ1n) is 6.62. The van der Waals surface area contributed by atoms with Crippen LogP contribution in [-0.2, 0) is 11.3 Å². The highest BCUT2D eigenvalue weighted by molar-refractivity contribution is 9.10. The van der Waals surface area contributed by atoms with Gasteiger partial charge in [-0.15, -0.1) is 0 Å².